The van der Waals surface area contributed by atoms with Crippen molar-refractivity contribution in [2.24, 2.45) is 0 Å². The standard InChI is InChI=1S/C12H11IN2O2/c1-17-12(16)10-7-14-11(15-10)6-8-4-2-3-5-9(8)13/h2-5,7H,6H2,1H3,(H,14,15). The van der Waals surface area contributed by atoms with Gasteiger partial charge < -0.3 is 9.72 Å². The van der Waals surface area contributed by atoms with Gasteiger partial charge in [0.1, 0.15) is 11.5 Å². The fourth-order valence-corrected chi connectivity index (χ4v) is 2.07. The molecule has 0 aliphatic rings. The first-order valence-electron chi connectivity index (χ1n) is 5.06. The number of aromatic nitrogens is 2. The van der Waals surface area contributed by atoms with Gasteiger partial charge >= 0.3 is 5.97 Å². The number of ether oxygens (including phenoxy) is 1. The summed E-state index contributed by atoms with van der Waals surface area (Å²) >= 11 is 2.28. The average molecular weight is 342 g/mol. The number of hydrogen-bond acceptors (Lipinski definition) is 3. The van der Waals surface area contributed by atoms with Gasteiger partial charge in [-0.05, 0) is 34.2 Å². The molecule has 0 bridgehead atoms. The Labute approximate surface area is 113 Å². The van der Waals surface area contributed by atoms with Crippen LogP contribution in [-0.4, -0.2) is 23.0 Å². The maximum Gasteiger partial charge on any atom is 0.356 e. The number of aromatic amines is 1. The Morgan fingerprint density at radius 2 is 2.24 bits per heavy atom. The molecular formula is C12H11IN2O2. The molecule has 1 aromatic heterocycles. The lowest BCUT2D eigenvalue weighted by atomic mass is 10.1. The summed E-state index contributed by atoms with van der Waals surface area (Å²) in [6.07, 6.45) is 2.17. The summed E-state index contributed by atoms with van der Waals surface area (Å²) in [5.74, 6) is 0.362. The molecule has 17 heavy (non-hydrogen) atoms. The minimum absolute atomic E-state index is 0.383. The van der Waals surface area contributed by atoms with E-state index in [1.54, 1.807) is 0 Å². The first-order valence-corrected chi connectivity index (χ1v) is 6.14. The Kier molecular flexibility index (Phi) is 3.78. The van der Waals surface area contributed by atoms with E-state index in [1.807, 2.05) is 24.3 Å². The highest BCUT2D eigenvalue weighted by atomic mass is 127. The molecule has 2 rings (SSSR count). The third-order valence-electron chi connectivity index (χ3n) is 2.35. The van der Waals surface area contributed by atoms with E-state index < -0.39 is 5.97 Å². The first kappa shape index (κ1) is 12.1. The van der Waals surface area contributed by atoms with E-state index in [2.05, 4.69) is 37.3 Å². The van der Waals surface area contributed by atoms with Crippen LogP contribution in [0.25, 0.3) is 0 Å². The van der Waals surface area contributed by atoms with Crippen molar-refractivity contribution in [1.29, 1.82) is 0 Å². The van der Waals surface area contributed by atoms with E-state index in [1.165, 1.54) is 22.4 Å². The monoisotopic (exact) mass is 342 g/mol. The van der Waals surface area contributed by atoms with E-state index in [4.69, 9.17) is 0 Å². The van der Waals surface area contributed by atoms with Crippen molar-refractivity contribution < 1.29 is 9.53 Å². The number of nitrogens with one attached hydrogen (secondary N) is 1. The molecule has 0 amide bonds. The van der Waals surface area contributed by atoms with Gasteiger partial charge in [-0.25, -0.2) is 9.78 Å². The SMILES string of the molecule is COC(=O)c1cnc(Cc2ccccc2I)[nH]1. The molecule has 1 N–H and O–H groups in total. The summed E-state index contributed by atoms with van der Waals surface area (Å²) < 4.78 is 5.79. The van der Waals surface area contributed by atoms with E-state index in [-0.39, 0.29) is 0 Å². The second kappa shape index (κ2) is 5.31. The van der Waals surface area contributed by atoms with Crippen LogP contribution in [0.2, 0.25) is 0 Å². The fourth-order valence-electron chi connectivity index (χ4n) is 1.49. The Bertz CT molecular complexity index is 537. The summed E-state index contributed by atoms with van der Waals surface area (Å²) in [5.41, 5.74) is 1.56. The van der Waals surface area contributed by atoms with E-state index in [0.29, 0.717) is 12.1 Å². The summed E-state index contributed by atoms with van der Waals surface area (Å²) in [6, 6.07) is 8.07. The number of esters is 1. The van der Waals surface area contributed by atoms with Crippen LogP contribution in [-0.2, 0) is 11.2 Å². The summed E-state index contributed by atoms with van der Waals surface area (Å²) in [6.45, 7) is 0. The number of nitrogens with zero attached hydrogens (tertiary/aromatic N) is 1. The topological polar surface area (TPSA) is 55.0 Å². The average Bonchev–Trinajstić information content (AvgIpc) is 2.80. The fraction of sp³-hybridized carbons (Fsp3) is 0.167. The van der Waals surface area contributed by atoms with Gasteiger partial charge in [0.05, 0.1) is 13.3 Å². The molecule has 0 atom stereocenters. The predicted molar refractivity (Wildman–Crippen MR) is 71.9 cm³/mol. The maximum absolute atomic E-state index is 11.3. The highest BCUT2D eigenvalue weighted by Gasteiger charge is 2.10. The third kappa shape index (κ3) is 2.85. The largest absolute Gasteiger partial charge is 0.464 e. The molecule has 0 radical (unpaired) electrons. The number of halogens is 1. The quantitative estimate of drug-likeness (QED) is 0.688. The number of H-pyrrole nitrogens is 1. The molecule has 4 nitrogen and oxygen atoms in total. The second-order valence-corrected chi connectivity index (χ2v) is 4.67. The summed E-state index contributed by atoms with van der Waals surface area (Å²) in [5, 5.41) is 0. The molecule has 2 aromatic rings. The minimum atomic E-state index is -0.397. The zero-order valence-electron chi connectivity index (χ0n) is 9.24. The van der Waals surface area contributed by atoms with Gasteiger partial charge in [-0.1, -0.05) is 18.2 Å². The van der Waals surface area contributed by atoms with Crippen LogP contribution >= 0.6 is 22.6 Å². The first-order chi connectivity index (χ1) is 8.20. The molecule has 1 heterocycles. The molecule has 0 unspecified atom stereocenters. The molecule has 0 fully saturated rings. The molecule has 0 spiro atoms. The molecule has 0 saturated heterocycles. The third-order valence-corrected chi connectivity index (χ3v) is 3.40. The Morgan fingerprint density at radius 3 is 2.94 bits per heavy atom. The van der Waals surface area contributed by atoms with Crippen molar-refractivity contribution in [1.82, 2.24) is 9.97 Å². The smallest absolute Gasteiger partial charge is 0.356 e. The van der Waals surface area contributed by atoms with E-state index >= 15 is 0 Å². The van der Waals surface area contributed by atoms with Gasteiger partial charge in [-0.2, -0.15) is 0 Å². The zero-order valence-corrected chi connectivity index (χ0v) is 11.4. The van der Waals surface area contributed by atoms with Crippen LogP contribution < -0.4 is 0 Å². The number of hydrogen-bond donors (Lipinski definition) is 1. The number of carbonyl (C=O) groups excluding carboxylic acids is 1. The molecular weight excluding hydrogens is 331 g/mol. The van der Waals surface area contributed by atoms with Crippen molar-refractivity contribution in [2.45, 2.75) is 6.42 Å². The van der Waals surface area contributed by atoms with E-state index in [0.717, 1.165) is 5.82 Å². The Balaban J connectivity index is 2.17. The van der Waals surface area contributed by atoms with Crippen molar-refractivity contribution >= 4 is 28.6 Å². The number of benzene rings is 1. The van der Waals surface area contributed by atoms with Crippen molar-refractivity contribution in [3.63, 3.8) is 0 Å². The van der Waals surface area contributed by atoms with Crippen LogP contribution in [0.3, 0.4) is 0 Å². The van der Waals surface area contributed by atoms with Gasteiger partial charge in [0.15, 0.2) is 0 Å². The van der Waals surface area contributed by atoms with Crippen LogP contribution in [0, 0.1) is 3.57 Å². The van der Waals surface area contributed by atoms with Crippen molar-refractivity contribution in [3.8, 4) is 0 Å². The lowest BCUT2D eigenvalue weighted by Crippen LogP contribution is -2.01. The molecule has 0 aliphatic carbocycles. The maximum atomic E-state index is 11.3. The van der Waals surface area contributed by atoms with Crippen LogP contribution in [0.5, 0.6) is 0 Å². The highest BCUT2D eigenvalue weighted by molar-refractivity contribution is 14.1. The van der Waals surface area contributed by atoms with E-state index in [9.17, 15) is 4.79 Å². The van der Waals surface area contributed by atoms with Crippen LogP contribution in [0.4, 0.5) is 0 Å². The Hall–Kier alpha value is -1.37. The number of imidazole rings is 1. The molecule has 88 valence electrons. The number of carbonyl (C=O) groups is 1. The normalized spacial score (nSPS) is 10.2. The van der Waals surface area contributed by atoms with Gasteiger partial charge in [0.25, 0.3) is 0 Å². The lowest BCUT2D eigenvalue weighted by Gasteiger charge is -2.01. The number of rotatable bonds is 3. The number of methoxy groups -OCH3 is 1. The zero-order chi connectivity index (χ0) is 12.3. The van der Waals surface area contributed by atoms with Gasteiger partial charge in [0, 0.05) is 9.99 Å². The highest BCUT2D eigenvalue weighted by Crippen LogP contribution is 2.14. The molecule has 1 aromatic carbocycles. The van der Waals surface area contributed by atoms with Crippen LogP contribution in [0.15, 0.2) is 30.5 Å². The summed E-state index contributed by atoms with van der Waals surface area (Å²) in [4.78, 5) is 18.4. The predicted octanol–water partition coefficient (Wildman–Crippen LogP) is 2.39. The van der Waals surface area contributed by atoms with Gasteiger partial charge in [-0.3, -0.25) is 0 Å². The lowest BCUT2D eigenvalue weighted by molar-refractivity contribution is 0.0594. The van der Waals surface area contributed by atoms with Gasteiger partial charge in [-0.15, -0.1) is 0 Å². The molecule has 5 heteroatoms. The van der Waals surface area contributed by atoms with Gasteiger partial charge in [0.2, 0.25) is 0 Å². The minimum Gasteiger partial charge on any atom is -0.464 e. The van der Waals surface area contributed by atoms with Crippen molar-refractivity contribution in [3.05, 3.63) is 51.1 Å². The van der Waals surface area contributed by atoms with Crippen LogP contribution in [0.1, 0.15) is 21.9 Å². The molecule has 0 saturated carbocycles. The summed E-state index contributed by atoms with van der Waals surface area (Å²) in [7, 11) is 1.35. The Morgan fingerprint density at radius 1 is 1.47 bits per heavy atom. The second-order valence-electron chi connectivity index (χ2n) is 3.50. The molecule has 0 aliphatic heterocycles. The van der Waals surface area contributed by atoms with Crippen molar-refractivity contribution in [2.75, 3.05) is 7.11 Å².